The zero-order chi connectivity index (χ0) is 13.5. The Bertz CT molecular complexity index is 405. The Balaban J connectivity index is 2.97. The second kappa shape index (κ2) is 7.78. The van der Waals surface area contributed by atoms with Gasteiger partial charge in [-0.15, -0.1) is 0 Å². The summed E-state index contributed by atoms with van der Waals surface area (Å²) >= 11 is 12.0. The number of carbonyl (C=O) groups excluding carboxylic acids is 1. The van der Waals surface area contributed by atoms with Crippen molar-refractivity contribution >= 4 is 29.0 Å². The van der Waals surface area contributed by atoms with Gasteiger partial charge in [0.2, 0.25) is 0 Å². The van der Waals surface area contributed by atoms with E-state index < -0.39 is 6.10 Å². The highest BCUT2D eigenvalue weighted by atomic mass is 35.5. The smallest absolute Gasteiger partial charge is 0.166 e. The van der Waals surface area contributed by atoms with E-state index in [1.807, 2.05) is 13.8 Å². The van der Waals surface area contributed by atoms with Gasteiger partial charge < -0.3 is 4.74 Å². The molecule has 0 aliphatic rings. The van der Waals surface area contributed by atoms with E-state index >= 15 is 0 Å². The fourth-order valence-corrected chi connectivity index (χ4v) is 2.19. The van der Waals surface area contributed by atoms with Crippen molar-refractivity contribution in [1.29, 1.82) is 0 Å². The van der Waals surface area contributed by atoms with Gasteiger partial charge >= 0.3 is 0 Å². The molecule has 1 unspecified atom stereocenters. The van der Waals surface area contributed by atoms with Gasteiger partial charge in [0.05, 0.1) is 0 Å². The summed E-state index contributed by atoms with van der Waals surface area (Å²) < 4.78 is 5.64. The van der Waals surface area contributed by atoms with Crippen molar-refractivity contribution in [1.82, 2.24) is 0 Å². The fraction of sp³-hybridized carbons (Fsp3) is 0.500. The zero-order valence-electron chi connectivity index (χ0n) is 10.7. The number of benzene rings is 1. The number of hydrogen-bond acceptors (Lipinski definition) is 2. The molecule has 0 aromatic heterocycles. The Morgan fingerprint density at radius 3 is 2.56 bits per heavy atom. The van der Waals surface area contributed by atoms with E-state index in [1.165, 1.54) is 0 Å². The molecule has 1 aromatic carbocycles. The first-order valence-corrected chi connectivity index (χ1v) is 6.95. The van der Waals surface area contributed by atoms with Crippen LogP contribution in [0.5, 0.6) is 0 Å². The molecule has 0 saturated carbocycles. The lowest BCUT2D eigenvalue weighted by Crippen LogP contribution is -2.17. The highest BCUT2D eigenvalue weighted by molar-refractivity contribution is 6.35. The van der Waals surface area contributed by atoms with Crippen LogP contribution in [0, 0.1) is 0 Å². The molecule has 1 aromatic rings. The number of ketones is 1. The van der Waals surface area contributed by atoms with Crippen molar-refractivity contribution < 1.29 is 9.53 Å². The molecule has 0 amide bonds. The third-order valence-corrected chi connectivity index (χ3v) is 3.08. The van der Waals surface area contributed by atoms with Crippen LogP contribution in [0.3, 0.4) is 0 Å². The summed E-state index contributed by atoms with van der Waals surface area (Å²) in [6.45, 7) is 4.52. The topological polar surface area (TPSA) is 26.3 Å². The lowest BCUT2D eigenvalue weighted by molar-refractivity contribution is -0.131. The van der Waals surface area contributed by atoms with Crippen molar-refractivity contribution in [2.24, 2.45) is 0 Å². The quantitative estimate of drug-likeness (QED) is 0.718. The maximum Gasteiger partial charge on any atom is 0.166 e. The molecule has 100 valence electrons. The molecular weight excluding hydrogens is 271 g/mol. The lowest BCUT2D eigenvalue weighted by atomic mass is 10.0. The SMILES string of the molecule is CCCOC(C(=O)CCC)c1ccc(Cl)cc1Cl. The normalized spacial score (nSPS) is 12.4. The molecule has 0 N–H and O–H groups in total. The Labute approximate surface area is 118 Å². The number of ether oxygens (including phenoxy) is 1. The molecule has 0 radical (unpaired) electrons. The van der Waals surface area contributed by atoms with Crippen LogP contribution in [0.4, 0.5) is 0 Å². The maximum absolute atomic E-state index is 12.1. The highest BCUT2D eigenvalue weighted by Gasteiger charge is 2.22. The molecule has 4 heteroatoms. The second-order valence-corrected chi connectivity index (χ2v) is 4.98. The molecule has 1 atom stereocenters. The molecule has 0 fully saturated rings. The van der Waals surface area contributed by atoms with E-state index in [-0.39, 0.29) is 5.78 Å². The van der Waals surface area contributed by atoms with Crippen LogP contribution in [0.1, 0.15) is 44.8 Å². The monoisotopic (exact) mass is 288 g/mol. The zero-order valence-corrected chi connectivity index (χ0v) is 12.2. The first-order chi connectivity index (χ1) is 8.60. The minimum absolute atomic E-state index is 0.0650. The maximum atomic E-state index is 12.1. The summed E-state index contributed by atoms with van der Waals surface area (Å²) in [5, 5.41) is 1.04. The fourth-order valence-electron chi connectivity index (χ4n) is 1.68. The van der Waals surface area contributed by atoms with Crippen LogP contribution >= 0.6 is 23.2 Å². The lowest BCUT2D eigenvalue weighted by Gasteiger charge is -2.18. The van der Waals surface area contributed by atoms with Gasteiger partial charge in [0.1, 0.15) is 6.10 Å². The van der Waals surface area contributed by atoms with Crippen molar-refractivity contribution in [2.75, 3.05) is 6.61 Å². The van der Waals surface area contributed by atoms with E-state index in [0.717, 1.165) is 12.8 Å². The standard InChI is InChI=1S/C14H18Cl2O2/c1-3-5-13(17)14(18-8-4-2)11-7-6-10(15)9-12(11)16/h6-7,9,14H,3-5,8H2,1-2H3. The van der Waals surface area contributed by atoms with Crippen LogP contribution in [0.25, 0.3) is 0 Å². The molecule has 1 rings (SSSR count). The number of rotatable bonds is 7. The molecular formula is C14H18Cl2O2. The Morgan fingerprint density at radius 1 is 1.28 bits per heavy atom. The molecule has 18 heavy (non-hydrogen) atoms. The molecule has 0 aliphatic carbocycles. The largest absolute Gasteiger partial charge is 0.366 e. The first kappa shape index (κ1) is 15.5. The third-order valence-electron chi connectivity index (χ3n) is 2.52. The Morgan fingerprint density at radius 2 is 2.00 bits per heavy atom. The van der Waals surface area contributed by atoms with Crippen molar-refractivity contribution in [3.63, 3.8) is 0 Å². The summed E-state index contributed by atoms with van der Waals surface area (Å²) in [5.74, 6) is 0.0650. The van der Waals surface area contributed by atoms with Gasteiger partial charge in [-0.2, -0.15) is 0 Å². The van der Waals surface area contributed by atoms with Crippen molar-refractivity contribution in [3.8, 4) is 0 Å². The van der Waals surface area contributed by atoms with Gasteiger partial charge in [-0.3, -0.25) is 4.79 Å². The number of halogens is 2. The van der Waals surface area contributed by atoms with E-state index in [4.69, 9.17) is 27.9 Å². The van der Waals surface area contributed by atoms with Crippen LogP contribution < -0.4 is 0 Å². The molecule has 0 bridgehead atoms. The predicted molar refractivity (Wildman–Crippen MR) is 75.4 cm³/mol. The van der Waals surface area contributed by atoms with E-state index in [0.29, 0.717) is 28.6 Å². The van der Waals surface area contributed by atoms with Gasteiger partial charge in [-0.05, 0) is 25.0 Å². The molecule has 0 saturated heterocycles. The van der Waals surface area contributed by atoms with E-state index in [2.05, 4.69) is 0 Å². The first-order valence-electron chi connectivity index (χ1n) is 6.19. The van der Waals surface area contributed by atoms with E-state index in [1.54, 1.807) is 18.2 Å². The van der Waals surface area contributed by atoms with Crippen LogP contribution in [-0.4, -0.2) is 12.4 Å². The van der Waals surface area contributed by atoms with Crippen molar-refractivity contribution in [2.45, 2.75) is 39.2 Å². The van der Waals surface area contributed by atoms with Gasteiger partial charge in [0, 0.05) is 28.6 Å². The average molecular weight is 289 g/mol. The number of Topliss-reactive ketones (excluding diaryl/α,β-unsaturated/α-hetero) is 1. The number of carbonyl (C=O) groups is 1. The van der Waals surface area contributed by atoms with Gasteiger partial charge in [0.25, 0.3) is 0 Å². The van der Waals surface area contributed by atoms with Gasteiger partial charge in [-0.1, -0.05) is 43.1 Å². The number of hydrogen-bond donors (Lipinski definition) is 0. The predicted octanol–water partition coefficient (Wildman–Crippen LogP) is 4.83. The molecule has 2 nitrogen and oxygen atoms in total. The molecule has 0 heterocycles. The second-order valence-electron chi connectivity index (χ2n) is 4.13. The minimum Gasteiger partial charge on any atom is -0.366 e. The van der Waals surface area contributed by atoms with Crippen molar-refractivity contribution in [3.05, 3.63) is 33.8 Å². The summed E-state index contributed by atoms with van der Waals surface area (Å²) in [4.78, 5) is 12.1. The third kappa shape index (κ3) is 4.27. The van der Waals surface area contributed by atoms with Crippen LogP contribution in [-0.2, 0) is 9.53 Å². The minimum atomic E-state index is -0.574. The summed E-state index contributed by atoms with van der Waals surface area (Å²) in [7, 11) is 0. The van der Waals surface area contributed by atoms with Crippen LogP contribution in [0.15, 0.2) is 18.2 Å². The summed E-state index contributed by atoms with van der Waals surface area (Å²) in [6.07, 6.45) is 1.58. The summed E-state index contributed by atoms with van der Waals surface area (Å²) in [5.41, 5.74) is 0.702. The van der Waals surface area contributed by atoms with Gasteiger partial charge in [-0.25, -0.2) is 0 Å². The van der Waals surface area contributed by atoms with Crippen LogP contribution in [0.2, 0.25) is 10.0 Å². The molecule has 0 aliphatic heterocycles. The van der Waals surface area contributed by atoms with E-state index in [9.17, 15) is 4.79 Å². The van der Waals surface area contributed by atoms with Gasteiger partial charge in [0.15, 0.2) is 5.78 Å². The molecule has 0 spiro atoms. The summed E-state index contributed by atoms with van der Waals surface area (Å²) in [6, 6.07) is 5.13. The average Bonchev–Trinajstić information content (AvgIpc) is 2.32. The Hall–Kier alpha value is -0.570. The highest BCUT2D eigenvalue weighted by Crippen LogP contribution is 2.30. The Kier molecular flexibility index (Phi) is 6.69.